The van der Waals surface area contributed by atoms with E-state index in [2.05, 4.69) is 6.07 Å². The second kappa shape index (κ2) is 6.65. The highest BCUT2D eigenvalue weighted by atomic mass is 16.5. The van der Waals surface area contributed by atoms with Crippen molar-refractivity contribution in [2.45, 2.75) is 38.8 Å². The van der Waals surface area contributed by atoms with Crippen molar-refractivity contribution < 1.29 is 19.0 Å². The second-order valence-electron chi connectivity index (χ2n) is 7.61. The van der Waals surface area contributed by atoms with Gasteiger partial charge in [-0.05, 0) is 23.1 Å². The molecule has 3 unspecified atom stereocenters. The summed E-state index contributed by atoms with van der Waals surface area (Å²) in [6, 6.07) is 7.68. The first-order chi connectivity index (χ1) is 12.3. The number of hydrogen-bond donors (Lipinski definition) is 1. The molecule has 1 heterocycles. The van der Waals surface area contributed by atoms with Crippen molar-refractivity contribution in [2.24, 2.45) is 17.1 Å². The molecule has 0 radical (unpaired) electrons. The predicted molar refractivity (Wildman–Crippen MR) is 95.5 cm³/mol. The Morgan fingerprint density at radius 3 is 2.54 bits per heavy atom. The maximum absolute atomic E-state index is 12.9. The molecule has 1 aromatic rings. The molecule has 0 bridgehead atoms. The van der Waals surface area contributed by atoms with Gasteiger partial charge in [0.05, 0.1) is 20.3 Å². The van der Waals surface area contributed by atoms with Gasteiger partial charge in [-0.2, -0.15) is 5.26 Å². The minimum Gasteiger partial charge on any atom is -0.493 e. The van der Waals surface area contributed by atoms with Crippen LogP contribution in [0.2, 0.25) is 0 Å². The van der Waals surface area contributed by atoms with Gasteiger partial charge in [-0.3, -0.25) is 10.5 Å². The van der Waals surface area contributed by atoms with Gasteiger partial charge < -0.3 is 14.2 Å². The second-order valence-corrected chi connectivity index (χ2v) is 7.61. The number of Topliss-reactive ketones (excluding diaryl/α,β-unsaturated/α-hetero) is 1. The molecule has 0 saturated heterocycles. The van der Waals surface area contributed by atoms with E-state index in [1.165, 1.54) is 0 Å². The Morgan fingerprint density at radius 2 is 1.92 bits per heavy atom. The Balaban J connectivity index is 2.16. The lowest BCUT2D eigenvalue weighted by Crippen LogP contribution is -2.44. The van der Waals surface area contributed by atoms with E-state index < -0.39 is 18.1 Å². The van der Waals surface area contributed by atoms with Gasteiger partial charge in [-0.1, -0.05) is 19.9 Å². The zero-order chi connectivity index (χ0) is 19.1. The van der Waals surface area contributed by atoms with E-state index in [1.807, 2.05) is 26.0 Å². The van der Waals surface area contributed by atoms with Gasteiger partial charge in [-0.25, -0.2) is 0 Å². The molecule has 26 heavy (non-hydrogen) atoms. The third-order valence-corrected chi connectivity index (χ3v) is 5.10. The average Bonchev–Trinajstić information content (AvgIpc) is 2.58. The lowest BCUT2D eigenvalue weighted by Gasteiger charge is -2.41. The summed E-state index contributed by atoms with van der Waals surface area (Å²) in [5, 5.41) is 9.70. The molecule has 3 rings (SSSR count). The number of ketones is 1. The zero-order valence-electron chi connectivity index (χ0n) is 15.5. The number of benzene rings is 1. The van der Waals surface area contributed by atoms with Crippen LogP contribution in [0.1, 0.15) is 38.2 Å². The molecule has 138 valence electrons. The summed E-state index contributed by atoms with van der Waals surface area (Å²) in [5.41, 5.74) is 7.33. The number of allylic oxidation sites excluding steroid dienone is 2. The van der Waals surface area contributed by atoms with Gasteiger partial charge in [-0.15, -0.1) is 0 Å². The summed E-state index contributed by atoms with van der Waals surface area (Å²) in [5.74, 6) is 0.673. The molecule has 2 aliphatic rings. The number of nitrogens with zero attached hydrogens (tertiary/aromatic N) is 1. The number of carbonyl (C=O) groups excluding carboxylic acids is 1. The fourth-order valence-corrected chi connectivity index (χ4v) is 3.90. The lowest BCUT2D eigenvalue weighted by atomic mass is 9.68. The molecule has 0 saturated carbocycles. The quantitative estimate of drug-likeness (QED) is 0.895. The molecule has 0 spiro atoms. The molecule has 0 amide bonds. The van der Waals surface area contributed by atoms with Crippen molar-refractivity contribution in [3.8, 4) is 17.6 Å². The number of nitrogens with two attached hydrogens (primary N) is 1. The van der Waals surface area contributed by atoms with Crippen LogP contribution in [0, 0.1) is 22.7 Å². The largest absolute Gasteiger partial charge is 0.493 e. The maximum atomic E-state index is 12.9. The number of hydrogen-bond acceptors (Lipinski definition) is 6. The van der Waals surface area contributed by atoms with Crippen LogP contribution in [0.5, 0.6) is 11.5 Å². The lowest BCUT2D eigenvalue weighted by molar-refractivity contribution is -0.120. The molecule has 6 nitrogen and oxygen atoms in total. The van der Waals surface area contributed by atoms with Crippen molar-refractivity contribution in [1.29, 1.82) is 5.26 Å². The van der Waals surface area contributed by atoms with Gasteiger partial charge in [0, 0.05) is 24.3 Å². The van der Waals surface area contributed by atoms with Gasteiger partial charge in [0.15, 0.2) is 23.5 Å². The predicted octanol–water partition coefficient (Wildman–Crippen LogP) is 2.89. The van der Waals surface area contributed by atoms with Crippen LogP contribution in [-0.4, -0.2) is 26.2 Å². The summed E-state index contributed by atoms with van der Waals surface area (Å²) < 4.78 is 16.5. The minimum absolute atomic E-state index is 0.0168. The Morgan fingerprint density at radius 1 is 1.23 bits per heavy atom. The minimum atomic E-state index is -0.779. The van der Waals surface area contributed by atoms with Crippen molar-refractivity contribution in [3.63, 3.8) is 0 Å². The summed E-state index contributed by atoms with van der Waals surface area (Å²) in [6.07, 6.45) is 0.273. The van der Waals surface area contributed by atoms with E-state index >= 15 is 0 Å². The number of carbonyl (C=O) groups is 1. The standard InChI is InChI=1S/C20H24N2O4/c1-20(2)8-13(23)18-16(9-20)26-19(22)12(10-21)17(18)11-5-6-14(24-3)15(7-11)25-4/h5-7,12,17,19H,8-9,22H2,1-4H3. The molecule has 2 N–H and O–H groups in total. The van der Waals surface area contributed by atoms with Crippen molar-refractivity contribution >= 4 is 5.78 Å². The number of nitriles is 1. The zero-order valence-corrected chi connectivity index (χ0v) is 15.5. The highest BCUT2D eigenvalue weighted by molar-refractivity contribution is 5.99. The maximum Gasteiger partial charge on any atom is 0.164 e. The van der Waals surface area contributed by atoms with Crippen LogP contribution >= 0.6 is 0 Å². The molecule has 1 aliphatic heterocycles. The highest BCUT2D eigenvalue weighted by Crippen LogP contribution is 2.49. The van der Waals surface area contributed by atoms with Gasteiger partial charge >= 0.3 is 0 Å². The Bertz CT molecular complexity index is 807. The summed E-state index contributed by atoms with van der Waals surface area (Å²) in [6.45, 7) is 4.07. The Kier molecular flexibility index (Phi) is 4.68. The normalized spacial score (nSPS) is 27.2. The molecule has 1 aromatic carbocycles. The number of methoxy groups -OCH3 is 2. The van der Waals surface area contributed by atoms with Crippen molar-refractivity contribution in [2.75, 3.05) is 14.2 Å². The number of ether oxygens (including phenoxy) is 3. The van der Waals surface area contributed by atoms with Crippen LogP contribution in [-0.2, 0) is 9.53 Å². The van der Waals surface area contributed by atoms with E-state index in [0.29, 0.717) is 35.7 Å². The molecular weight excluding hydrogens is 332 g/mol. The van der Waals surface area contributed by atoms with Gasteiger partial charge in [0.2, 0.25) is 0 Å². The molecule has 0 fully saturated rings. The van der Waals surface area contributed by atoms with Crippen molar-refractivity contribution in [3.05, 3.63) is 35.1 Å². The fraction of sp³-hybridized carbons (Fsp3) is 0.500. The SMILES string of the molecule is COc1ccc(C2C3=C(CC(C)(C)CC3=O)OC(N)C2C#N)cc1OC. The van der Waals surface area contributed by atoms with Crippen LogP contribution in [0.25, 0.3) is 0 Å². The summed E-state index contributed by atoms with van der Waals surface area (Å²) in [4.78, 5) is 12.9. The molecule has 6 heteroatoms. The topological polar surface area (TPSA) is 94.6 Å². The van der Waals surface area contributed by atoms with E-state index in [1.54, 1.807) is 20.3 Å². The third-order valence-electron chi connectivity index (χ3n) is 5.10. The number of rotatable bonds is 3. The first-order valence-electron chi connectivity index (χ1n) is 8.61. The van der Waals surface area contributed by atoms with E-state index in [9.17, 15) is 10.1 Å². The fourth-order valence-electron chi connectivity index (χ4n) is 3.90. The van der Waals surface area contributed by atoms with Gasteiger partial charge in [0.1, 0.15) is 11.7 Å². The van der Waals surface area contributed by atoms with Crippen molar-refractivity contribution in [1.82, 2.24) is 0 Å². The highest BCUT2D eigenvalue weighted by Gasteiger charge is 2.46. The summed E-state index contributed by atoms with van der Waals surface area (Å²) in [7, 11) is 3.12. The van der Waals surface area contributed by atoms with E-state index in [4.69, 9.17) is 19.9 Å². The monoisotopic (exact) mass is 356 g/mol. The van der Waals surface area contributed by atoms with Crippen LogP contribution < -0.4 is 15.2 Å². The van der Waals surface area contributed by atoms with Crippen LogP contribution in [0.4, 0.5) is 0 Å². The first-order valence-corrected chi connectivity index (χ1v) is 8.61. The van der Waals surface area contributed by atoms with Crippen LogP contribution in [0.3, 0.4) is 0 Å². The first kappa shape index (κ1) is 18.3. The molecule has 3 atom stereocenters. The molecule has 1 aliphatic carbocycles. The molecule has 0 aromatic heterocycles. The smallest absolute Gasteiger partial charge is 0.164 e. The Labute approximate surface area is 153 Å². The van der Waals surface area contributed by atoms with Gasteiger partial charge in [0.25, 0.3) is 0 Å². The van der Waals surface area contributed by atoms with E-state index in [-0.39, 0.29) is 11.2 Å². The molecular formula is C20H24N2O4. The third kappa shape index (κ3) is 3.04. The van der Waals surface area contributed by atoms with E-state index in [0.717, 1.165) is 5.56 Å². The van der Waals surface area contributed by atoms with Crippen LogP contribution in [0.15, 0.2) is 29.5 Å². The Hall–Kier alpha value is -2.52. The summed E-state index contributed by atoms with van der Waals surface area (Å²) >= 11 is 0. The average molecular weight is 356 g/mol.